The van der Waals surface area contributed by atoms with E-state index in [1.54, 1.807) is 4.68 Å². The van der Waals surface area contributed by atoms with Crippen LogP contribution in [0.3, 0.4) is 0 Å². The average Bonchev–Trinajstić information content (AvgIpc) is 2.58. The van der Waals surface area contributed by atoms with E-state index in [1.165, 1.54) is 0 Å². The second kappa shape index (κ2) is 6.59. The zero-order valence-corrected chi connectivity index (χ0v) is 10.9. The SMILES string of the molecule is CC(C)OC(=O)CCCCn1cc(P)nn1. The van der Waals surface area contributed by atoms with Gasteiger partial charge in [-0.15, -0.1) is 5.10 Å². The lowest BCUT2D eigenvalue weighted by Gasteiger charge is -2.07. The van der Waals surface area contributed by atoms with Crippen molar-refractivity contribution in [3.63, 3.8) is 0 Å². The molecule has 0 radical (unpaired) electrons. The predicted octanol–water partition coefficient (Wildman–Crippen LogP) is 0.900. The van der Waals surface area contributed by atoms with Gasteiger partial charge in [-0.25, -0.2) is 0 Å². The van der Waals surface area contributed by atoms with Gasteiger partial charge in [0.15, 0.2) is 0 Å². The molecule has 1 heterocycles. The normalized spacial score (nSPS) is 10.8. The van der Waals surface area contributed by atoms with Crippen LogP contribution in [-0.2, 0) is 16.1 Å². The molecule has 0 aliphatic carbocycles. The highest BCUT2D eigenvalue weighted by Crippen LogP contribution is 2.01. The molecule has 0 spiro atoms. The van der Waals surface area contributed by atoms with E-state index in [0.29, 0.717) is 6.42 Å². The summed E-state index contributed by atoms with van der Waals surface area (Å²) in [4.78, 5) is 11.2. The number of unbranched alkanes of at least 4 members (excludes halogenated alkanes) is 1. The third-order valence-corrected chi connectivity index (χ3v) is 2.21. The summed E-state index contributed by atoms with van der Waals surface area (Å²) in [7, 11) is 2.49. The molecule has 1 unspecified atom stereocenters. The molecule has 5 nitrogen and oxygen atoms in total. The maximum Gasteiger partial charge on any atom is 0.306 e. The van der Waals surface area contributed by atoms with Crippen molar-refractivity contribution in [2.24, 2.45) is 0 Å². The molecule has 1 aromatic heterocycles. The van der Waals surface area contributed by atoms with Crippen molar-refractivity contribution >= 4 is 20.6 Å². The number of carbonyl (C=O) groups is 1. The Morgan fingerprint density at radius 3 is 2.88 bits per heavy atom. The molecule has 0 fully saturated rings. The summed E-state index contributed by atoms with van der Waals surface area (Å²) >= 11 is 0. The van der Waals surface area contributed by atoms with E-state index in [9.17, 15) is 4.79 Å². The lowest BCUT2D eigenvalue weighted by Crippen LogP contribution is -2.11. The van der Waals surface area contributed by atoms with Gasteiger partial charge in [-0.3, -0.25) is 9.48 Å². The first-order valence-corrected chi connectivity index (χ1v) is 6.00. The topological polar surface area (TPSA) is 57.0 Å². The third-order valence-electron chi connectivity index (χ3n) is 1.94. The second-order valence-electron chi connectivity index (χ2n) is 3.90. The smallest absolute Gasteiger partial charge is 0.306 e. The van der Waals surface area contributed by atoms with Crippen LogP contribution in [0.25, 0.3) is 0 Å². The maximum absolute atomic E-state index is 11.2. The maximum atomic E-state index is 11.2. The van der Waals surface area contributed by atoms with E-state index < -0.39 is 0 Å². The van der Waals surface area contributed by atoms with E-state index in [1.807, 2.05) is 20.0 Å². The van der Waals surface area contributed by atoms with Gasteiger partial charge in [-0.05, 0) is 26.7 Å². The van der Waals surface area contributed by atoms with E-state index in [2.05, 4.69) is 19.6 Å². The lowest BCUT2D eigenvalue weighted by molar-refractivity contribution is -0.147. The standard InChI is InChI=1S/C10H18N3O2P/c1-8(2)15-10(14)5-3-4-6-13-7-9(16)11-12-13/h7-8H,3-6,16H2,1-2H3. The van der Waals surface area contributed by atoms with Crippen molar-refractivity contribution in [2.45, 2.75) is 45.8 Å². The highest BCUT2D eigenvalue weighted by Gasteiger charge is 2.04. The summed E-state index contributed by atoms with van der Waals surface area (Å²) in [5.41, 5.74) is 0.833. The fourth-order valence-electron chi connectivity index (χ4n) is 1.29. The van der Waals surface area contributed by atoms with Crippen LogP contribution in [0.15, 0.2) is 6.20 Å². The molecule has 0 aliphatic rings. The Bertz CT molecular complexity index is 339. The molecule has 0 aromatic carbocycles. The van der Waals surface area contributed by atoms with Crippen LogP contribution in [0.2, 0.25) is 0 Å². The van der Waals surface area contributed by atoms with Crippen molar-refractivity contribution in [1.29, 1.82) is 0 Å². The van der Waals surface area contributed by atoms with Crippen LogP contribution in [-0.4, -0.2) is 27.1 Å². The van der Waals surface area contributed by atoms with Gasteiger partial charge in [0.2, 0.25) is 0 Å². The number of hydrogen-bond acceptors (Lipinski definition) is 4. The monoisotopic (exact) mass is 243 g/mol. The fourth-order valence-corrected chi connectivity index (χ4v) is 1.51. The van der Waals surface area contributed by atoms with Crippen LogP contribution >= 0.6 is 9.24 Å². The number of carbonyl (C=O) groups excluding carboxylic acids is 1. The molecule has 0 saturated carbocycles. The Labute approximate surface area is 97.8 Å². The molecule has 1 aromatic rings. The number of rotatable bonds is 6. The highest BCUT2D eigenvalue weighted by atomic mass is 31.0. The number of hydrogen-bond donors (Lipinski definition) is 0. The molecule has 90 valence electrons. The summed E-state index contributed by atoms with van der Waals surface area (Å²) in [5.74, 6) is -0.125. The average molecular weight is 243 g/mol. The molecular weight excluding hydrogens is 225 g/mol. The molecule has 1 atom stereocenters. The van der Waals surface area contributed by atoms with Crippen LogP contribution in [0.1, 0.15) is 33.1 Å². The Morgan fingerprint density at radius 1 is 1.56 bits per heavy atom. The molecule has 0 saturated heterocycles. The molecule has 6 heteroatoms. The number of esters is 1. The molecule has 0 aliphatic heterocycles. The molecule has 0 N–H and O–H groups in total. The minimum Gasteiger partial charge on any atom is -0.463 e. The van der Waals surface area contributed by atoms with Gasteiger partial charge in [-0.2, -0.15) is 0 Å². The van der Waals surface area contributed by atoms with Crippen LogP contribution in [0, 0.1) is 0 Å². The number of nitrogens with zero attached hydrogens (tertiary/aromatic N) is 3. The Hall–Kier alpha value is -0.960. The Kier molecular flexibility index (Phi) is 5.39. The van der Waals surface area contributed by atoms with Gasteiger partial charge < -0.3 is 4.74 Å². The summed E-state index contributed by atoms with van der Waals surface area (Å²) in [6.45, 7) is 4.50. The first-order chi connectivity index (χ1) is 7.58. The number of aryl methyl sites for hydroxylation is 1. The Balaban J connectivity index is 2.10. The van der Waals surface area contributed by atoms with Crippen LogP contribution in [0.4, 0.5) is 0 Å². The Morgan fingerprint density at radius 2 is 2.31 bits per heavy atom. The zero-order chi connectivity index (χ0) is 12.0. The second-order valence-corrected chi connectivity index (χ2v) is 4.49. The van der Waals surface area contributed by atoms with Crippen molar-refractivity contribution in [2.75, 3.05) is 0 Å². The van der Waals surface area contributed by atoms with E-state index in [0.717, 1.165) is 24.8 Å². The van der Waals surface area contributed by atoms with Gasteiger partial charge in [0.05, 0.1) is 17.7 Å². The van der Waals surface area contributed by atoms with Gasteiger partial charge in [0.1, 0.15) is 0 Å². The van der Waals surface area contributed by atoms with Gasteiger partial charge >= 0.3 is 5.97 Å². The zero-order valence-electron chi connectivity index (χ0n) is 9.72. The number of ether oxygens (including phenoxy) is 1. The van der Waals surface area contributed by atoms with Crippen molar-refractivity contribution < 1.29 is 9.53 Å². The van der Waals surface area contributed by atoms with Gasteiger partial charge in [-0.1, -0.05) is 14.5 Å². The highest BCUT2D eigenvalue weighted by molar-refractivity contribution is 7.26. The first-order valence-electron chi connectivity index (χ1n) is 5.43. The molecule has 0 bridgehead atoms. The molecule has 0 amide bonds. The first kappa shape index (κ1) is 13.1. The van der Waals surface area contributed by atoms with Crippen LogP contribution in [0.5, 0.6) is 0 Å². The van der Waals surface area contributed by atoms with E-state index >= 15 is 0 Å². The van der Waals surface area contributed by atoms with Gasteiger partial charge in [0.25, 0.3) is 0 Å². The quantitative estimate of drug-likeness (QED) is 0.423. The predicted molar refractivity (Wildman–Crippen MR) is 64.4 cm³/mol. The largest absolute Gasteiger partial charge is 0.463 e. The molecular formula is C10H18N3O2P. The van der Waals surface area contributed by atoms with E-state index in [-0.39, 0.29) is 12.1 Å². The third kappa shape index (κ3) is 5.21. The summed E-state index contributed by atoms with van der Waals surface area (Å²) < 4.78 is 6.80. The van der Waals surface area contributed by atoms with Gasteiger partial charge in [0, 0.05) is 13.0 Å². The van der Waals surface area contributed by atoms with Crippen molar-refractivity contribution in [1.82, 2.24) is 15.0 Å². The van der Waals surface area contributed by atoms with E-state index in [4.69, 9.17) is 4.74 Å². The minimum atomic E-state index is -0.125. The number of aromatic nitrogens is 3. The van der Waals surface area contributed by atoms with Crippen molar-refractivity contribution in [3.8, 4) is 0 Å². The summed E-state index contributed by atoms with van der Waals surface area (Å²) in [6, 6.07) is 0. The minimum absolute atomic E-state index is 0.0255. The molecule has 16 heavy (non-hydrogen) atoms. The summed E-state index contributed by atoms with van der Waals surface area (Å²) in [6.07, 6.45) is 4.03. The summed E-state index contributed by atoms with van der Waals surface area (Å²) in [5, 5.41) is 7.76. The van der Waals surface area contributed by atoms with Crippen molar-refractivity contribution in [3.05, 3.63) is 6.20 Å². The fraction of sp³-hybridized carbons (Fsp3) is 0.700. The molecule has 1 rings (SSSR count). The lowest BCUT2D eigenvalue weighted by atomic mass is 10.2. The van der Waals surface area contributed by atoms with Crippen LogP contribution < -0.4 is 5.44 Å².